The van der Waals surface area contributed by atoms with Gasteiger partial charge in [-0.3, -0.25) is 0 Å². The number of halogens is 1. The molecule has 8 nitrogen and oxygen atoms in total. The van der Waals surface area contributed by atoms with Crippen LogP contribution >= 0.6 is 0 Å². The number of likely N-dealkylation sites (N-methyl/N-ethyl adjacent to an activating group) is 1. The minimum Gasteiger partial charge on any atom is -0.508 e. The molecule has 0 amide bonds. The summed E-state index contributed by atoms with van der Waals surface area (Å²) in [5.41, 5.74) is 4.22. The number of phenols is 1. The van der Waals surface area contributed by atoms with Gasteiger partial charge in [0.05, 0.1) is 23.7 Å². The molecule has 4 aromatic rings. The van der Waals surface area contributed by atoms with Crippen molar-refractivity contribution in [3.8, 4) is 28.4 Å². The second-order valence-corrected chi connectivity index (χ2v) is 9.08. The van der Waals surface area contributed by atoms with Crippen LogP contribution in [0.1, 0.15) is 23.9 Å². The number of aromatic hydroxyl groups is 1. The van der Waals surface area contributed by atoms with Crippen LogP contribution in [-0.2, 0) is 13.0 Å². The molecule has 1 aliphatic rings. The number of imidazole rings is 1. The zero-order valence-corrected chi connectivity index (χ0v) is 20.1. The summed E-state index contributed by atoms with van der Waals surface area (Å²) in [5.74, 6) is 1.37. The Bertz CT molecular complexity index is 1340. The number of nitrogens with one attached hydrogen (secondary N) is 1. The monoisotopic (exact) mass is 488 g/mol. The Kier molecular flexibility index (Phi) is 6.92. The van der Waals surface area contributed by atoms with E-state index in [9.17, 15) is 14.6 Å². The van der Waals surface area contributed by atoms with E-state index in [2.05, 4.69) is 26.8 Å². The number of hydrogen-bond acceptors (Lipinski definition) is 7. The van der Waals surface area contributed by atoms with Gasteiger partial charge in [-0.1, -0.05) is 12.1 Å². The number of anilines is 1. The maximum absolute atomic E-state index is 13.7. The molecule has 2 aromatic heterocycles. The quantitative estimate of drug-likeness (QED) is 0.329. The Morgan fingerprint density at radius 3 is 2.75 bits per heavy atom. The van der Waals surface area contributed by atoms with Crippen molar-refractivity contribution in [1.82, 2.24) is 24.4 Å². The fraction of sp³-hybridized carbons (Fsp3) is 0.296. The molecule has 0 aliphatic carbocycles. The first kappa shape index (κ1) is 23.9. The second-order valence-electron chi connectivity index (χ2n) is 9.08. The number of aliphatic hydroxyl groups is 1. The number of phenolic OH excluding ortho intramolecular Hbond substituents is 1. The van der Waals surface area contributed by atoms with Crippen LogP contribution in [0.15, 0.2) is 60.8 Å². The number of nitrogens with zero attached hydrogens (tertiary/aromatic N) is 5. The maximum Gasteiger partial charge on any atom is 0.223 e. The molecule has 0 bridgehead atoms. The maximum atomic E-state index is 13.7. The van der Waals surface area contributed by atoms with E-state index >= 15 is 0 Å². The van der Waals surface area contributed by atoms with Crippen molar-refractivity contribution in [3.63, 3.8) is 0 Å². The number of benzene rings is 2. The summed E-state index contributed by atoms with van der Waals surface area (Å²) >= 11 is 0. The molecule has 3 heterocycles. The van der Waals surface area contributed by atoms with Gasteiger partial charge < -0.3 is 25.0 Å². The summed E-state index contributed by atoms with van der Waals surface area (Å²) in [6.07, 6.45) is 3.47. The van der Waals surface area contributed by atoms with Crippen molar-refractivity contribution in [2.45, 2.75) is 25.4 Å². The molecule has 1 aliphatic heterocycles. The van der Waals surface area contributed by atoms with Crippen molar-refractivity contribution in [3.05, 3.63) is 78.0 Å². The molecule has 0 radical (unpaired) electrons. The lowest BCUT2D eigenvalue weighted by Gasteiger charge is -2.24. The van der Waals surface area contributed by atoms with Gasteiger partial charge in [0.15, 0.2) is 0 Å². The van der Waals surface area contributed by atoms with Crippen molar-refractivity contribution in [1.29, 1.82) is 0 Å². The number of hydrogen-bond donors (Lipinski definition) is 3. The van der Waals surface area contributed by atoms with E-state index in [1.807, 2.05) is 18.2 Å². The Labute approximate surface area is 209 Å². The first-order valence-electron chi connectivity index (χ1n) is 12.0. The molecule has 3 N–H and O–H groups in total. The average Bonchev–Trinajstić information content (AvgIpc) is 3.43. The highest BCUT2D eigenvalue weighted by molar-refractivity contribution is 5.78. The van der Waals surface area contributed by atoms with E-state index in [1.54, 1.807) is 30.5 Å². The van der Waals surface area contributed by atoms with Crippen LogP contribution in [0.2, 0.25) is 0 Å². The molecule has 0 saturated heterocycles. The number of aromatic nitrogens is 4. The molecule has 0 fully saturated rings. The van der Waals surface area contributed by atoms with E-state index in [-0.39, 0.29) is 24.2 Å². The fourth-order valence-electron chi connectivity index (χ4n) is 4.83. The van der Waals surface area contributed by atoms with Crippen LogP contribution in [0.4, 0.5) is 10.3 Å². The van der Waals surface area contributed by atoms with Gasteiger partial charge in [-0.15, -0.1) is 0 Å². The molecule has 1 atom stereocenters. The van der Waals surface area contributed by atoms with Crippen LogP contribution in [0, 0.1) is 5.82 Å². The Morgan fingerprint density at radius 2 is 1.97 bits per heavy atom. The largest absolute Gasteiger partial charge is 0.508 e. The predicted octanol–water partition coefficient (Wildman–Crippen LogP) is 3.88. The van der Waals surface area contributed by atoms with Gasteiger partial charge in [0.1, 0.15) is 17.4 Å². The first-order chi connectivity index (χ1) is 17.5. The number of fused-ring (bicyclic) bond motifs is 1. The van der Waals surface area contributed by atoms with E-state index in [1.165, 1.54) is 12.1 Å². The van der Waals surface area contributed by atoms with Crippen LogP contribution in [0.5, 0.6) is 5.75 Å². The average molecular weight is 489 g/mol. The lowest BCUT2D eigenvalue weighted by atomic mass is 10.1. The van der Waals surface area contributed by atoms with Crippen molar-refractivity contribution in [2.75, 3.05) is 32.1 Å². The first-order valence-corrected chi connectivity index (χ1v) is 12.0. The Hall–Kier alpha value is -3.82. The molecule has 0 saturated carbocycles. The number of rotatable bonds is 9. The lowest BCUT2D eigenvalue weighted by molar-refractivity contribution is 0.273. The minimum absolute atomic E-state index is 0.0237. The topological polar surface area (TPSA) is 99.3 Å². The van der Waals surface area contributed by atoms with E-state index in [4.69, 9.17) is 9.97 Å². The summed E-state index contributed by atoms with van der Waals surface area (Å²) in [6, 6.07) is 15.7. The van der Waals surface area contributed by atoms with E-state index < -0.39 is 0 Å². The highest BCUT2D eigenvalue weighted by Gasteiger charge is 2.31. The third-order valence-electron chi connectivity index (χ3n) is 6.35. The molecular weight excluding hydrogens is 459 g/mol. The molecule has 9 heteroatoms. The summed E-state index contributed by atoms with van der Waals surface area (Å²) < 4.78 is 15.9. The van der Waals surface area contributed by atoms with Crippen LogP contribution in [0.25, 0.3) is 22.6 Å². The van der Waals surface area contributed by atoms with E-state index in [0.29, 0.717) is 24.7 Å². The van der Waals surface area contributed by atoms with Crippen LogP contribution in [-0.4, -0.2) is 61.4 Å². The minimum atomic E-state index is -0.295. The Morgan fingerprint density at radius 1 is 1.14 bits per heavy atom. The van der Waals surface area contributed by atoms with Gasteiger partial charge in [-0.05, 0) is 61.5 Å². The zero-order valence-electron chi connectivity index (χ0n) is 20.1. The van der Waals surface area contributed by atoms with Crippen molar-refractivity contribution in [2.24, 2.45) is 0 Å². The molecule has 186 valence electrons. The standard InChI is InChI=1S/C27H29FN6O2/c1-33(16-18-3-2-4-22(36)15-18)17-21-9-10-24-32-25(19-5-7-20(28)8-6-19)26(34(21)24)23-11-12-29-27(31-23)30-13-14-35/h2-8,11-12,15,21,35-36H,9-10,13-14,16-17H2,1H3,(H,29,30,31). The van der Waals surface area contributed by atoms with Crippen LogP contribution in [0.3, 0.4) is 0 Å². The SMILES string of the molecule is CN(Cc1cccc(O)c1)CC1CCc2nc(-c3ccc(F)cc3)c(-c3ccnc(NCCO)n3)n21. The van der Waals surface area contributed by atoms with Crippen LogP contribution < -0.4 is 5.32 Å². The van der Waals surface area contributed by atoms with Gasteiger partial charge in [0.25, 0.3) is 0 Å². The van der Waals surface area contributed by atoms with Gasteiger partial charge in [-0.25, -0.2) is 19.3 Å². The molecule has 36 heavy (non-hydrogen) atoms. The third kappa shape index (κ3) is 5.07. The lowest BCUT2D eigenvalue weighted by Crippen LogP contribution is -2.26. The number of aliphatic hydroxyl groups excluding tert-OH is 1. The fourth-order valence-corrected chi connectivity index (χ4v) is 4.83. The molecule has 2 aromatic carbocycles. The highest BCUT2D eigenvalue weighted by Crippen LogP contribution is 2.39. The predicted molar refractivity (Wildman–Crippen MR) is 136 cm³/mol. The zero-order chi connectivity index (χ0) is 25.1. The summed E-state index contributed by atoms with van der Waals surface area (Å²) in [6.45, 7) is 1.82. The van der Waals surface area contributed by atoms with E-state index in [0.717, 1.165) is 47.7 Å². The highest BCUT2D eigenvalue weighted by atomic mass is 19.1. The smallest absolute Gasteiger partial charge is 0.223 e. The summed E-state index contributed by atoms with van der Waals surface area (Å²) in [7, 11) is 2.07. The molecule has 5 rings (SSSR count). The Balaban J connectivity index is 1.51. The van der Waals surface area contributed by atoms with Gasteiger partial charge in [0.2, 0.25) is 5.95 Å². The second kappa shape index (κ2) is 10.4. The molecule has 1 unspecified atom stereocenters. The molecular formula is C27H29FN6O2. The van der Waals surface area contributed by atoms with Gasteiger partial charge in [-0.2, -0.15) is 0 Å². The molecule has 0 spiro atoms. The van der Waals surface area contributed by atoms with Crippen molar-refractivity contribution < 1.29 is 14.6 Å². The third-order valence-corrected chi connectivity index (χ3v) is 6.35. The summed E-state index contributed by atoms with van der Waals surface area (Å²) in [4.78, 5) is 16.2. The summed E-state index contributed by atoms with van der Waals surface area (Å²) in [5, 5.41) is 22.0. The van der Waals surface area contributed by atoms with Gasteiger partial charge in [0, 0.05) is 43.9 Å². The normalized spacial score (nSPS) is 14.8. The van der Waals surface area contributed by atoms with Crippen molar-refractivity contribution >= 4 is 5.95 Å². The van der Waals surface area contributed by atoms with Gasteiger partial charge >= 0.3 is 0 Å². The number of aryl methyl sites for hydroxylation is 1.